The number of nitrogens with one attached hydrogen (secondary N) is 2. The third-order valence-electron chi connectivity index (χ3n) is 4.82. The summed E-state index contributed by atoms with van der Waals surface area (Å²) in [5, 5.41) is 17.9. The van der Waals surface area contributed by atoms with Gasteiger partial charge >= 0.3 is 0 Å². The van der Waals surface area contributed by atoms with Crippen molar-refractivity contribution in [1.82, 2.24) is 20.2 Å². The summed E-state index contributed by atoms with van der Waals surface area (Å²) in [5.41, 5.74) is 2.62. The molecule has 1 aliphatic rings. The number of allylic oxidation sites excluding steroid dienone is 1. The van der Waals surface area contributed by atoms with Gasteiger partial charge in [0.25, 0.3) is 5.91 Å². The normalized spacial score (nSPS) is 15.2. The van der Waals surface area contributed by atoms with Gasteiger partial charge in [-0.05, 0) is 54.1 Å². The van der Waals surface area contributed by atoms with E-state index in [4.69, 9.17) is 9.47 Å². The Kier molecular flexibility index (Phi) is 5.34. The van der Waals surface area contributed by atoms with Gasteiger partial charge in [0, 0.05) is 5.70 Å². The maximum atomic E-state index is 13.4. The zero-order valence-electron chi connectivity index (χ0n) is 16.9. The molecule has 0 saturated carbocycles. The third-order valence-corrected chi connectivity index (χ3v) is 4.82. The van der Waals surface area contributed by atoms with Gasteiger partial charge in [0.05, 0.1) is 25.0 Å². The second-order valence-electron chi connectivity index (χ2n) is 6.67. The van der Waals surface area contributed by atoms with Crippen LogP contribution in [0.25, 0.3) is 0 Å². The van der Waals surface area contributed by atoms with Crippen molar-refractivity contribution in [2.24, 2.45) is 0 Å². The van der Waals surface area contributed by atoms with Gasteiger partial charge in [-0.15, -0.1) is 0 Å². The van der Waals surface area contributed by atoms with Crippen LogP contribution in [0.2, 0.25) is 0 Å². The standard InChI is InChI=1S/C21H22N6O3/c1-4-30-15-11-9-14(10-12-15)19-18(13(2)22-21-24-25-26-27(19)21)20(28)23-16-7-5-6-8-17(16)29-3/h5-12,19H,4H2,1-3H3,(H,23,28)(H,22,24,26)/t19-/m1/s1. The molecule has 154 valence electrons. The van der Waals surface area contributed by atoms with Gasteiger partial charge in [0.2, 0.25) is 5.95 Å². The maximum Gasteiger partial charge on any atom is 0.255 e. The van der Waals surface area contributed by atoms with E-state index in [-0.39, 0.29) is 5.91 Å². The highest BCUT2D eigenvalue weighted by molar-refractivity contribution is 6.06. The van der Waals surface area contributed by atoms with E-state index in [1.807, 2.05) is 50.2 Å². The third kappa shape index (κ3) is 3.57. The molecule has 0 bridgehead atoms. The number of benzene rings is 2. The van der Waals surface area contributed by atoms with Gasteiger partial charge in [-0.3, -0.25) is 4.79 Å². The number of tetrazole rings is 1. The number of para-hydroxylation sites is 2. The lowest BCUT2D eigenvalue weighted by Crippen LogP contribution is -2.31. The second-order valence-corrected chi connectivity index (χ2v) is 6.67. The number of carbonyl (C=O) groups excluding carboxylic acids is 1. The van der Waals surface area contributed by atoms with Crippen LogP contribution in [-0.2, 0) is 4.79 Å². The van der Waals surface area contributed by atoms with Crippen LogP contribution in [0.5, 0.6) is 11.5 Å². The number of hydrogen-bond donors (Lipinski definition) is 2. The number of amides is 1. The fourth-order valence-corrected chi connectivity index (χ4v) is 3.47. The zero-order chi connectivity index (χ0) is 21.1. The van der Waals surface area contributed by atoms with E-state index >= 15 is 0 Å². The van der Waals surface area contributed by atoms with Crippen LogP contribution in [-0.4, -0.2) is 39.8 Å². The van der Waals surface area contributed by atoms with Crippen molar-refractivity contribution < 1.29 is 14.3 Å². The van der Waals surface area contributed by atoms with Crippen molar-refractivity contribution >= 4 is 17.5 Å². The Labute approximate surface area is 173 Å². The molecule has 0 aliphatic carbocycles. The number of anilines is 2. The average Bonchev–Trinajstić information content (AvgIpc) is 3.22. The number of rotatable bonds is 6. The summed E-state index contributed by atoms with van der Waals surface area (Å²) in [5.74, 6) is 1.53. The number of nitrogens with zero attached hydrogens (tertiary/aromatic N) is 4. The molecular formula is C21H22N6O3. The largest absolute Gasteiger partial charge is 0.495 e. The second kappa shape index (κ2) is 8.24. The molecule has 9 nitrogen and oxygen atoms in total. The van der Waals surface area contributed by atoms with Crippen LogP contribution >= 0.6 is 0 Å². The number of hydrogen-bond acceptors (Lipinski definition) is 7. The molecule has 2 N–H and O–H groups in total. The lowest BCUT2D eigenvalue weighted by molar-refractivity contribution is -0.113. The van der Waals surface area contributed by atoms with Gasteiger partial charge in [0.1, 0.15) is 17.5 Å². The van der Waals surface area contributed by atoms with Gasteiger partial charge in [0.15, 0.2) is 0 Å². The first-order valence-corrected chi connectivity index (χ1v) is 9.55. The number of ether oxygens (including phenoxy) is 2. The molecule has 4 rings (SSSR count). The molecule has 9 heteroatoms. The highest BCUT2D eigenvalue weighted by Crippen LogP contribution is 2.36. The lowest BCUT2D eigenvalue weighted by atomic mass is 9.95. The minimum atomic E-state index is -0.498. The summed E-state index contributed by atoms with van der Waals surface area (Å²) in [6.45, 7) is 4.34. The summed E-state index contributed by atoms with van der Waals surface area (Å²) in [6.07, 6.45) is 0. The van der Waals surface area contributed by atoms with E-state index in [0.717, 1.165) is 11.3 Å². The molecule has 1 atom stereocenters. The molecule has 3 aromatic rings. The van der Waals surface area contributed by atoms with E-state index in [2.05, 4.69) is 26.2 Å². The fraction of sp³-hybridized carbons (Fsp3) is 0.238. The molecule has 2 aromatic carbocycles. The van der Waals surface area contributed by atoms with E-state index in [9.17, 15) is 4.79 Å². The predicted octanol–water partition coefficient (Wildman–Crippen LogP) is 3.01. The van der Waals surface area contributed by atoms with E-state index < -0.39 is 6.04 Å². The van der Waals surface area contributed by atoms with Crippen molar-refractivity contribution in [2.45, 2.75) is 19.9 Å². The quantitative estimate of drug-likeness (QED) is 0.649. The summed E-state index contributed by atoms with van der Waals surface area (Å²) in [6, 6.07) is 14.3. The Balaban J connectivity index is 1.73. The van der Waals surface area contributed by atoms with Crippen molar-refractivity contribution in [3.05, 3.63) is 65.4 Å². The summed E-state index contributed by atoms with van der Waals surface area (Å²) < 4.78 is 12.5. The molecule has 0 saturated heterocycles. The van der Waals surface area contributed by atoms with Crippen LogP contribution in [0.15, 0.2) is 59.8 Å². The first-order chi connectivity index (χ1) is 14.6. The number of carbonyl (C=O) groups is 1. The van der Waals surface area contributed by atoms with Gasteiger partial charge in [-0.1, -0.05) is 29.4 Å². The SMILES string of the molecule is CCOc1ccc([C@@H]2C(C(=O)Nc3ccccc3OC)=C(C)Nc3nnnn32)cc1. The Morgan fingerprint density at radius 3 is 2.70 bits per heavy atom. The van der Waals surface area contributed by atoms with Crippen LogP contribution in [0, 0.1) is 0 Å². The fourth-order valence-electron chi connectivity index (χ4n) is 3.47. The average molecular weight is 406 g/mol. The molecule has 0 radical (unpaired) electrons. The van der Waals surface area contributed by atoms with E-state index in [1.54, 1.807) is 23.9 Å². The Hall–Kier alpha value is -3.88. The monoisotopic (exact) mass is 406 g/mol. The molecule has 1 amide bonds. The van der Waals surface area contributed by atoms with Crippen molar-refractivity contribution in [1.29, 1.82) is 0 Å². The Morgan fingerprint density at radius 2 is 1.97 bits per heavy atom. The smallest absolute Gasteiger partial charge is 0.255 e. The van der Waals surface area contributed by atoms with Gasteiger partial charge in [-0.2, -0.15) is 4.68 Å². The molecular weight excluding hydrogens is 384 g/mol. The zero-order valence-corrected chi connectivity index (χ0v) is 16.9. The topological polar surface area (TPSA) is 103 Å². The highest BCUT2D eigenvalue weighted by atomic mass is 16.5. The Bertz CT molecular complexity index is 1090. The molecule has 0 unspecified atom stereocenters. The van der Waals surface area contributed by atoms with Crippen LogP contribution in [0.4, 0.5) is 11.6 Å². The van der Waals surface area contributed by atoms with E-state index in [1.165, 1.54) is 0 Å². The highest BCUT2D eigenvalue weighted by Gasteiger charge is 2.34. The number of aromatic nitrogens is 4. The van der Waals surface area contributed by atoms with Crippen LogP contribution in [0.1, 0.15) is 25.5 Å². The Morgan fingerprint density at radius 1 is 1.20 bits per heavy atom. The molecule has 0 fully saturated rings. The lowest BCUT2D eigenvalue weighted by Gasteiger charge is -2.28. The van der Waals surface area contributed by atoms with E-state index in [0.29, 0.717) is 35.3 Å². The minimum Gasteiger partial charge on any atom is -0.495 e. The van der Waals surface area contributed by atoms with Crippen LogP contribution in [0.3, 0.4) is 0 Å². The summed E-state index contributed by atoms with van der Waals surface area (Å²) in [7, 11) is 1.56. The first-order valence-electron chi connectivity index (χ1n) is 9.55. The van der Waals surface area contributed by atoms with Crippen molar-refractivity contribution in [3.8, 4) is 11.5 Å². The maximum absolute atomic E-state index is 13.4. The molecule has 30 heavy (non-hydrogen) atoms. The number of methoxy groups -OCH3 is 1. The van der Waals surface area contributed by atoms with Crippen LogP contribution < -0.4 is 20.1 Å². The molecule has 1 aliphatic heterocycles. The van der Waals surface area contributed by atoms with Gasteiger partial charge in [-0.25, -0.2) is 0 Å². The first kappa shape index (κ1) is 19.4. The van der Waals surface area contributed by atoms with Crippen molar-refractivity contribution in [3.63, 3.8) is 0 Å². The molecule has 0 spiro atoms. The van der Waals surface area contributed by atoms with Gasteiger partial charge < -0.3 is 20.1 Å². The minimum absolute atomic E-state index is 0.274. The summed E-state index contributed by atoms with van der Waals surface area (Å²) in [4.78, 5) is 13.4. The number of fused-ring (bicyclic) bond motifs is 1. The van der Waals surface area contributed by atoms with Crippen molar-refractivity contribution in [2.75, 3.05) is 24.4 Å². The predicted molar refractivity (Wildman–Crippen MR) is 112 cm³/mol. The summed E-state index contributed by atoms with van der Waals surface area (Å²) >= 11 is 0. The molecule has 2 heterocycles. The molecule has 1 aromatic heterocycles.